The van der Waals surface area contributed by atoms with Gasteiger partial charge in [0.1, 0.15) is 0 Å². The van der Waals surface area contributed by atoms with Crippen molar-refractivity contribution in [3.05, 3.63) is 0 Å². The normalized spacial score (nSPS) is 30.6. The summed E-state index contributed by atoms with van der Waals surface area (Å²) >= 11 is 0. The lowest BCUT2D eigenvalue weighted by Gasteiger charge is -2.39. The standard InChI is InChI=1S/C12H26N2/c1-5-11(4)14(6-2)12-7-10(3)8-13-9-12/h10-13H,5-9H2,1-4H3. The molecular formula is C12H26N2. The highest BCUT2D eigenvalue weighted by molar-refractivity contribution is 4.83. The largest absolute Gasteiger partial charge is 0.315 e. The predicted molar refractivity (Wildman–Crippen MR) is 62.6 cm³/mol. The Labute approximate surface area is 89.1 Å². The highest BCUT2D eigenvalue weighted by atomic mass is 15.2. The molecule has 0 aromatic rings. The van der Waals surface area contributed by atoms with E-state index in [-0.39, 0.29) is 0 Å². The first kappa shape index (κ1) is 12.0. The second-order valence-corrected chi connectivity index (χ2v) is 4.74. The zero-order chi connectivity index (χ0) is 10.6. The summed E-state index contributed by atoms with van der Waals surface area (Å²) in [5, 5.41) is 3.54. The molecule has 2 heteroatoms. The Hall–Kier alpha value is -0.0800. The molecular weight excluding hydrogens is 172 g/mol. The summed E-state index contributed by atoms with van der Waals surface area (Å²) in [7, 11) is 0. The zero-order valence-electron chi connectivity index (χ0n) is 10.2. The third-order valence-corrected chi connectivity index (χ3v) is 3.54. The van der Waals surface area contributed by atoms with Crippen molar-refractivity contribution in [1.29, 1.82) is 0 Å². The quantitative estimate of drug-likeness (QED) is 0.744. The first-order chi connectivity index (χ1) is 6.69. The van der Waals surface area contributed by atoms with Gasteiger partial charge in [0.15, 0.2) is 0 Å². The molecule has 1 N–H and O–H groups in total. The lowest BCUT2D eigenvalue weighted by Crippen LogP contribution is -2.51. The molecule has 1 fully saturated rings. The van der Waals surface area contributed by atoms with Gasteiger partial charge in [-0.1, -0.05) is 20.8 Å². The van der Waals surface area contributed by atoms with Crippen LogP contribution in [0.2, 0.25) is 0 Å². The SMILES string of the molecule is CCC(C)N(CC)C1CNCC(C)C1. The van der Waals surface area contributed by atoms with E-state index >= 15 is 0 Å². The Bertz CT molecular complexity index is 158. The average molecular weight is 198 g/mol. The fourth-order valence-electron chi connectivity index (χ4n) is 2.54. The third-order valence-electron chi connectivity index (χ3n) is 3.54. The molecule has 3 atom stereocenters. The van der Waals surface area contributed by atoms with Crippen LogP contribution in [-0.2, 0) is 0 Å². The van der Waals surface area contributed by atoms with Crippen LogP contribution in [0.1, 0.15) is 40.5 Å². The van der Waals surface area contributed by atoms with Gasteiger partial charge in [-0.2, -0.15) is 0 Å². The van der Waals surface area contributed by atoms with Crippen LogP contribution >= 0.6 is 0 Å². The Morgan fingerprint density at radius 1 is 1.36 bits per heavy atom. The van der Waals surface area contributed by atoms with Gasteiger partial charge in [-0.15, -0.1) is 0 Å². The molecule has 1 aliphatic rings. The summed E-state index contributed by atoms with van der Waals surface area (Å²) < 4.78 is 0. The molecule has 1 heterocycles. The van der Waals surface area contributed by atoms with E-state index in [1.165, 1.54) is 32.5 Å². The molecule has 1 rings (SSSR count). The third kappa shape index (κ3) is 2.96. The highest BCUT2D eigenvalue weighted by Crippen LogP contribution is 2.18. The minimum Gasteiger partial charge on any atom is -0.315 e. The van der Waals surface area contributed by atoms with Crippen molar-refractivity contribution in [3.8, 4) is 0 Å². The highest BCUT2D eigenvalue weighted by Gasteiger charge is 2.25. The molecule has 1 aliphatic heterocycles. The van der Waals surface area contributed by atoms with Gasteiger partial charge < -0.3 is 5.32 Å². The van der Waals surface area contributed by atoms with Crippen molar-refractivity contribution >= 4 is 0 Å². The van der Waals surface area contributed by atoms with E-state index in [1.807, 2.05) is 0 Å². The van der Waals surface area contributed by atoms with E-state index in [0.29, 0.717) is 0 Å². The molecule has 3 unspecified atom stereocenters. The van der Waals surface area contributed by atoms with Gasteiger partial charge in [-0.05, 0) is 38.8 Å². The molecule has 0 aliphatic carbocycles. The van der Waals surface area contributed by atoms with E-state index in [0.717, 1.165) is 18.0 Å². The number of nitrogens with one attached hydrogen (secondary N) is 1. The number of rotatable bonds is 4. The summed E-state index contributed by atoms with van der Waals surface area (Å²) in [5.41, 5.74) is 0. The van der Waals surface area contributed by atoms with Crippen molar-refractivity contribution in [2.45, 2.75) is 52.6 Å². The molecule has 84 valence electrons. The van der Waals surface area contributed by atoms with Crippen LogP contribution in [0.5, 0.6) is 0 Å². The molecule has 0 aromatic carbocycles. The van der Waals surface area contributed by atoms with Crippen molar-refractivity contribution < 1.29 is 0 Å². The van der Waals surface area contributed by atoms with Gasteiger partial charge in [0.25, 0.3) is 0 Å². The predicted octanol–water partition coefficient (Wildman–Crippen LogP) is 2.10. The summed E-state index contributed by atoms with van der Waals surface area (Å²) in [4.78, 5) is 2.66. The number of hydrogen-bond acceptors (Lipinski definition) is 2. The van der Waals surface area contributed by atoms with E-state index in [1.54, 1.807) is 0 Å². The minimum atomic E-state index is 0.733. The minimum absolute atomic E-state index is 0.733. The summed E-state index contributed by atoms with van der Waals surface area (Å²) in [6.07, 6.45) is 2.63. The van der Waals surface area contributed by atoms with Crippen LogP contribution in [0, 0.1) is 5.92 Å². The van der Waals surface area contributed by atoms with E-state index in [2.05, 4.69) is 37.9 Å². The van der Waals surface area contributed by atoms with Crippen LogP contribution in [0.25, 0.3) is 0 Å². The van der Waals surface area contributed by atoms with Crippen LogP contribution in [0.4, 0.5) is 0 Å². The van der Waals surface area contributed by atoms with Gasteiger partial charge in [0.2, 0.25) is 0 Å². The van der Waals surface area contributed by atoms with Crippen LogP contribution < -0.4 is 5.32 Å². The Balaban J connectivity index is 2.50. The number of piperidine rings is 1. The Morgan fingerprint density at radius 2 is 2.07 bits per heavy atom. The molecule has 14 heavy (non-hydrogen) atoms. The Morgan fingerprint density at radius 3 is 2.57 bits per heavy atom. The maximum atomic E-state index is 3.54. The summed E-state index contributed by atoms with van der Waals surface area (Å²) in [6.45, 7) is 12.8. The van der Waals surface area contributed by atoms with E-state index < -0.39 is 0 Å². The van der Waals surface area contributed by atoms with Gasteiger partial charge in [-0.3, -0.25) is 4.90 Å². The molecule has 0 bridgehead atoms. The molecule has 1 saturated heterocycles. The lowest BCUT2D eigenvalue weighted by atomic mass is 9.95. The topological polar surface area (TPSA) is 15.3 Å². The van der Waals surface area contributed by atoms with Gasteiger partial charge in [-0.25, -0.2) is 0 Å². The first-order valence-corrected chi connectivity index (χ1v) is 6.15. The van der Waals surface area contributed by atoms with Crippen LogP contribution in [0.15, 0.2) is 0 Å². The van der Waals surface area contributed by atoms with Crippen molar-refractivity contribution in [1.82, 2.24) is 10.2 Å². The molecule has 0 saturated carbocycles. The lowest BCUT2D eigenvalue weighted by molar-refractivity contribution is 0.109. The van der Waals surface area contributed by atoms with Crippen molar-refractivity contribution in [2.75, 3.05) is 19.6 Å². The molecule has 0 amide bonds. The number of nitrogens with zero attached hydrogens (tertiary/aromatic N) is 1. The average Bonchev–Trinajstić information content (AvgIpc) is 2.19. The van der Waals surface area contributed by atoms with E-state index in [4.69, 9.17) is 0 Å². The fourth-order valence-corrected chi connectivity index (χ4v) is 2.54. The maximum absolute atomic E-state index is 3.54. The molecule has 0 aromatic heterocycles. The zero-order valence-corrected chi connectivity index (χ0v) is 10.2. The fraction of sp³-hybridized carbons (Fsp3) is 1.00. The second kappa shape index (κ2) is 5.72. The van der Waals surface area contributed by atoms with Gasteiger partial charge in [0, 0.05) is 18.6 Å². The van der Waals surface area contributed by atoms with Gasteiger partial charge >= 0.3 is 0 Å². The number of likely N-dealkylation sites (N-methyl/N-ethyl adjacent to an activating group) is 1. The van der Waals surface area contributed by atoms with Crippen molar-refractivity contribution in [2.24, 2.45) is 5.92 Å². The molecule has 2 nitrogen and oxygen atoms in total. The summed E-state index contributed by atoms with van der Waals surface area (Å²) in [6, 6.07) is 1.50. The monoisotopic (exact) mass is 198 g/mol. The first-order valence-electron chi connectivity index (χ1n) is 6.15. The van der Waals surface area contributed by atoms with Crippen molar-refractivity contribution in [3.63, 3.8) is 0 Å². The molecule has 0 spiro atoms. The number of hydrogen-bond donors (Lipinski definition) is 1. The Kier molecular flexibility index (Phi) is 4.90. The maximum Gasteiger partial charge on any atom is 0.0226 e. The smallest absolute Gasteiger partial charge is 0.0226 e. The van der Waals surface area contributed by atoms with Gasteiger partial charge in [0.05, 0.1) is 0 Å². The second-order valence-electron chi connectivity index (χ2n) is 4.74. The van der Waals surface area contributed by atoms with Crippen LogP contribution in [-0.4, -0.2) is 36.6 Å². The summed E-state index contributed by atoms with van der Waals surface area (Å²) in [5.74, 6) is 0.840. The van der Waals surface area contributed by atoms with E-state index in [9.17, 15) is 0 Å². The van der Waals surface area contributed by atoms with Crippen LogP contribution in [0.3, 0.4) is 0 Å². The molecule has 0 radical (unpaired) electrons.